The zero-order valence-electron chi connectivity index (χ0n) is 14.6. The summed E-state index contributed by atoms with van der Waals surface area (Å²) in [6.45, 7) is 4.19. The summed E-state index contributed by atoms with van der Waals surface area (Å²) < 4.78 is 5.18. The molecular weight excluding hydrogens is 340 g/mol. The molecule has 1 aromatic heterocycles. The Morgan fingerprint density at radius 2 is 2.00 bits per heavy atom. The largest absolute Gasteiger partial charge is 0.481 e. The van der Waals surface area contributed by atoms with Crippen LogP contribution >= 0.6 is 11.8 Å². The fourth-order valence-corrected chi connectivity index (χ4v) is 3.60. The van der Waals surface area contributed by atoms with Gasteiger partial charge >= 0.3 is 5.97 Å². The van der Waals surface area contributed by atoms with Gasteiger partial charge in [0.1, 0.15) is 5.76 Å². The van der Waals surface area contributed by atoms with E-state index >= 15 is 0 Å². The van der Waals surface area contributed by atoms with Crippen LogP contribution in [0.25, 0.3) is 0 Å². The van der Waals surface area contributed by atoms with E-state index in [1.807, 2.05) is 32.0 Å². The average molecular weight is 362 g/mol. The Hall–Kier alpha value is -2.28. The molecule has 0 fully saturated rings. The first-order chi connectivity index (χ1) is 11.9. The molecular formula is C18H22N2O4S. The number of thioether (sulfide) groups is 1. The highest BCUT2D eigenvalue weighted by Crippen LogP contribution is 2.29. The average Bonchev–Trinajstić information content (AvgIpc) is 2.90. The predicted molar refractivity (Wildman–Crippen MR) is 95.8 cm³/mol. The van der Waals surface area contributed by atoms with E-state index in [-0.39, 0.29) is 12.3 Å². The number of hydrogen-bond acceptors (Lipinski definition) is 5. The third-order valence-electron chi connectivity index (χ3n) is 3.90. The molecule has 0 atom stereocenters. The van der Waals surface area contributed by atoms with Crippen molar-refractivity contribution in [2.24, 2.45) is 0 Å². The van der Waals surface area contributed by atoms with Gasteiger partial charge in [0.25, 0.3) is 5.91 Å². The number of rotatable bonds is 8. The molecule has 2 rings (SSSR count). The van der Waals surface area contributed by atoms with Crippen LogP contribution in [0, 0.1) is 13.8 Å². The Bertz CT molecular complexity index is 738. The smallest absolute Gasteiger partial charge is 0.303 e. The maximum absolute atomic E-state index is 12.7. The molecule has 0 bridgehead atoms. The zero-order valence-corrected chi connectivity index (χ0v) is 15.4. The number of carbonyl (C=O) groups is 2. The normalized spacial score (nSPS) is 10.7. The summed E-state index contributed by atoms with van der Waals surface area (Å²) in [5, 5.41) is 12.7. The Balaban J connectivity index is 2.06. The Labute approximate surface area is 151 Å². The van der Waals surface area contributed by atoms with Gasteiger partial charge in [0.15, 0.2) is 0 Å². The lowest BCUT2D eigenvalue weighted by Gasteiger charge is -2.18. The zero-order chi connectivity index (χ0) is 18.4. The standard InChI is InChI=1S/C18H22N2O4S/c1-12-15(13(2)24-19-12)11-25-16-8-5-4-7-14(16)18(23)20(3)10-6-9-17(21)22/h4-5,7-8H,6,9-11H2,1-3H3,(H,21,22). The monoisotopic (exact) mass is 362 g/mol. The number of carboxylic acids is 1. The van der Waals surface area contributed by atoms with E-state index in [4.69, 9.17) is 9.63 Å². The van der Waals surface area contributed by atoms with E-state index in [9.17, 15) is 9.59 Å². The fraction of sp³-hybridized carbons (Fsp3) is 0.389. The van der Waals surface area contributed by atoms with Crippen molar-refractivity contribution >= 4 is 23.6 Å². The second-order valence-electron chi connectivity index (χ2n) is 5.81. The summed E-state index contributed by atoms with van der Waals surface area (Å²) in [7, 11) is 1.69. The van der Waals surface area contributed by atoms with Gasteiger partial charge in [0.05, 0.1) is 11.3 Å². The molecule has 1 N–H and O–H groups in total. The van der Waals surface area contributed by atoms with Crippen molar-refractivity contribution in [3.8, 4) is 0 Å². The highest BCUT2D eigenvalue weighted by Gasteiger charge is 2.17. The molecule has 134 valence electrons. The summed E-state index contributed by atoms with van der Waals surface area (Å²) >= 11 is 1.57. The molecule has 0 aliphatic carbocycles. The number of aliphatic carboxylic acids is 1. The molecule has 1 aromatic carbocycles. The lowest BCUT2D eigenvalue weighted by molar-refractivity contribution is -0.137. The second-order valence-corrected chi connectivity index (χ2v) is 6.83. The lowest BCUT2D eigenvalue weighted by atomic mass is 10.2. The number of nitrogens with zero attached hydrogens (tertiary/aromatic N) is 2. The van der Waals surface area contributed by atoms with Crippen LogP contribution in [0.5, 0.6) is 0 Å². The van der Waals surface area contributed by atoms with Gasteiger partial charge in [0, 0.05) is 36.2 Å². The maximum atomic E-state index is 12.7. The summed E-state index contributed by atoms with van der Waals surface area (Å²) in [5.41, 5.74) is 2.53. The molecule has 0 aliphatic heterocycles. The van der Waals surface area contributed by atoms with Crippen molar-refractivity contribution < 1.29 is 19.2 Å². The minimum atomic E-state index is -0.851. The minimum absolute atomic E-state index is 0.0556. The van der Waals surface area contributed by atoms with Crippen LogP contribution < -0.4 is 0 Å². The molecule has 2 aromatic rings. The van der Waals surface area contributed by atoms with Gasteiger partial charge in [-0.3, -0.25) is 9.59 Å². The van der Waals surface area contributed by atoms with Gasteiger partial charge in [-0.15, -0.1) is 11.8 Å². The van der Waals surface area contributed by atoms with Crippen LogP contribution in [0.4, 0.5) is 0 Å². The molecule has 0 unspecified atom stereocenters. The highest BCUT2D eigenvalue weighted by atomic mass is 32.2. The van der Waals surface area contributed by atoms with Gasteiger partial charge < -0.3 is 14.5 Å². The van der Waals surface area contributed by atoms with E-state index in [0.717, 1.165) is 21.9 Å². The van der Waals surface area contributed by atoms with Crippen LogP contribution in [-0.4, -0.2) is 40.6 Å². The topological polar surface area (TPSA) is 83.6 Å². The second kappa shape index (κ2) is 8.71. The third-order valence-corrected chi connectivity index (χ3v) is 5.00. The lowest BCUT2D eigenvalue weighted by Crippen LogP contribution is -2.28. The summed E-state index contributed by atoms with van der Waals surface area (Å²) in [5.74, 6) is 0.511. The SMILES string of the molecule is Cc1noc(C)c1CSc1ccccc1C(=O)N(C)CCCC(=O)O. The first-order valence-electron chi connectivity index (χ1n) is 8.01. The number of aromatic nitrogens is 1. The van der Waals surface area contributed by atoms with Crippen LogP contribution in [0.1, 0.15) is 40.2 Å². The van der Waals surface area contributed by atoms with E-state index < -0.39 is 5.97 Å². The van der Waals surface area contributed by atoms with E-state index in [2.05, 4.69) is 5.16 Å². The number of amides is 1. The van der Waals surface area contributed by atoms with Gasteiger partial charge in [-0.05, 0) is 32.4 Å². The van der Waals surface area contributed by atoms with Crippen molar-refractivity contribution in [1.82, 2.24) is 10.1 Å². The van der Waals surface area contributed by atoms with Crippen LogP contribution in [0.3, 0.4) is 0 Å². The molecule has 0 aliphatic rings. The first kappa shape index (κ1) is 19.1. The van der Waals surface area contributed by atoms with Crippen molar-refractivity contribution in [1.29, 1.82) is 0 Å². The molecule has 0 radical (unpaired) electrons. The van der Waals surface area contributed by atoms with Crippen LogP contribution in [0.15, 0.2) is 33.7 Å². The molecule has 1 heterocycles. The maximum Gasteiger partial charge on any atom is 0.303 e. The quantitative estimate of drug-likeness (QED) is 0.723. The van der Waals surface area contributed by atoms with Gasteiger partial charge in [-0.2, -0.15) is 0 Å². The van der Waals surface area contributed by atoms with E-state index in [1.165, 1.54) is 0 Å². The predicted octanol–water partition coefficient (Wildman–Crippen LogP) is 3.52. The molecule has 1 amide bonds. The molecule has 6 nitrogen and oxygen atoms in total. The summed E-state index contributed by atoms with van der Waals surface area (Å²) in [6, 6.07) is 7.45. The Morgan fingerprint density at radius 3 is 2.64 bits per heavy atom. The summed E-state index contributed by atoms with van der Waals surface area (Å²) in [6.07, 6.45) is 0.492. The molecule has 0 saturated heterocycles. The van der Waals surface area contributed by atoms with Gasteiger partial charge in [-0.1, -0.05) is 17.3 Å². The van der Waals surface area contributed by atoms with Crippen molar-refractivity contribution in [2.45, 2.75) is 37.3 Å². The fourth-order valence-electron chi connectivity index (χ4n) is 2.40. The number of aryl methyl sites for hydroxylation is 2. The molecule has 0 spiro atoms. The van der Waals surface area contributed by atoms with Crippen LogP contribution in [-0.2, 0) is 10.5 Å². The number of benzene rings is 1. The first-order valence-corrected chi connectivity index (χ1v) is 8.99. The summed E-state index contributed by atoms with van der Waals surface area (Å²) in [4.78, 5) is 25.7. The minimum Gasteiger partial charge on any atom is -0.481 e. The van der Waals surface area contributed by atoms with E-state index in [0.29, 0.717) is 24.3 Å². The Morgan fingerprint density at radius 1 is 1.28 bits per heavy atom. The number of carbonyl (C=O) groups excluding carboxylic acids is 1. The number of hydrogen-bond donors (Lipinski definition) is 1. The van der Waals surface area contributed by atoms with Gasteiger partial charge in [-0.25, -0.2) is 0 Å². The van der Waals surface area contributed by atoms with Crippen molar-refractivity contribution in [3.05, 3.63) is 46.8 Å². The van der Waals surface area contributed by atoms with Crippen molar-refractivity contribution in [2.75, 3.05) is 13.6 Å². The van der Waals surface area contributed by atoms with E-state index in [1.54, 1.807) is 29.8 Å². The van der Waals surface area contributed by atoms with Crippen LogP contribution in [0.2, 0.25) is 0 Å². The molecule has 0 saturated carbocycles. The van der Waals surface area contributed by atoms with Gasteiger partial charge in [0.2, 0.25) is 0 Å². The molecule has 7 heteroatoms. The molecule has 25 heavy (non-hydrogen) atoms. The Kier molecular flexibility index (Phi) is 6.64. The third kappa shape index (κ3) is 5.09. The number of carboxylic acid groups (broad SMARTS) is 1. The highest BCUT2D eigenvalue weighted by molar-refractivity contribution is 7.98. The van der Waals surface area contributed by atoms with Crippen molar-refractivity contribution in [3.63, 3.8) is 0 Å².